The lowest BCUT2D eigenvalue weighted by atomic mass is 10.0. The largest absolute Gasteiger partial charge is 0.487 e. The molecule has 2 unspecified atom stereocenters. The highest BCUT2D eigenvalue weighted by Crippen LogP contribution is 2.38. The number of hydrogen-bond donors (Lipinski definition) is 1. The van der Waals surface area contributed by atoms with E-state index in [1.807, 2.05) is 26.0 Å². The van der Waals surface area contributed by atoms with Crippen LogP contribution in [0.15, 0.2) is 24.4 Å². The molecule has 0 bridgehead atoms. The lowest BCUT2D eigenvalue weighted by Crippen LogP contribution is -2.38. The summed E-state index contributed by atoms with van der Waals surface area (Å²) < 4.78 is 11.5. The molecule has 6 nitrogen and oxygen atoms in total. The molecule has 6 heteroatoms. The molecule has 1 aromatic heterocycles. The quantitative estimate of drug-likeness (QED) is 0.912. The van der Waals surface area contributed by atoms with Gasteiger partial charge < -0.3 is 14.8 Å². The van der Waals surface area contributed by atoms with Crippen molar-refractivity contribution >= 4 is 5.91 Å². The van der Waals surface area contributed by atoms with Crippen LogP contribution < -0.4 is 10.1 Å². The Morgan fingerprint density at radius 2 is 2.23 bits per heavy atom. The number of rotatable bonds is 4. The summed E-state index contributed by atoms with van der Waals surface area (Å²) in [6, 6.07) is 6.12. The van der Waals surface area contributed by atoms with Crippen LogP contribution in [0.25, 0.3) is 11.3 Å². The second-order valence-corrected chi connectivity index (χ2v) is 6.99. The predicted octanol–water partition coefficient (Wildman–Crippen LogP) is 2.22. The fourth-order valence-corrected chi connectivity index (χ4v) is 3.53. The van der Waals surface area contributed by atoms with Gasteiger partial charge in [-0.1, -0.05) is 12.1 Å². The summed E-state index contributed by atoms with van der Waals surface area (Å²) in [6.07, 6.45) is 3.29. The van der Waals surface area contributed by atoms with Gasteiger partial charge in [-0.05, 0) is 31.9 Å². The maximum absolute atomic E-state index is 12.2. The summed E-state index contributed by atoms with van der Waals surface area (Å²) in [4.78, 5) is 21.2. The molecule has 1 saturated heterocycles. The molecule has 1 aromatic carbocycles. The van der Waals surface area contributed by atoms with Crippen molar-refractivity contribution in [3.05, 3.63) is 41.3 Å². The van der Waals surface area contributed by atoms with Gasteiger partial charge in [0.2, 0.25) is 5.91 Å². The van der Waals surface area contributed by atoms with E-state index < -0.39 is 0 Å². The van der Waals surface area contributed by atoms with E-state index in [1.54, 1.807) is 6.20 Å². The average Bonchev–Trinajstić information content (AvgIpc) is 3.30. The van der Waals surface area contributed by atoms with Gasteiger partial charge in [-0.15, -0.1) is 0 Å². The van der Waals surface area contributed by atoms with E-state index in [4.69, 9.17) is 9.47 Å². The lowest BCUT2D eigenvalue weighted by molar-refractivity contribution is -0.125. The molecule has 0 saturated carbocycles. The third-order valence-electron chi connectivity index (χ3n) is 4.96. The van der Waals surface area contributed by atoms with Crippen LogP contribution in [-0.2, 0) is 16.0 Å². The summed E-state index contributed by atoms with van der Waals surface area (Å²) in [5, 5.41) is 3.01. The Hall–Kier alpha value is -2.47. The zero-order valence-electron chi connectivity index (χ0n) is 15.1. The highest BCUT2D eigenvalue weighted by molar-refractivity contribution is 5.79. The summed E-state index contributed by atoms with van der Waals surface area (Å²) in [6.45, 7) is 5.58. The number of nitrogens with one attached hydrogen (secondary N) is 1. The van der Waals surface area contributed by atoms with E-state index in [1.165, 1.54) is 0 Å². The Morgan fingerprint density at radius 3 is 3.04 bits per heavy atom. The average molecular weight is 353 g/mol. The van der Waals surface area contributed by atoms with Gasteiger partial charge in [-0.3, -0.25) is 9.78 Å². The van der Waals surface area contributed by atoms with E-state index in [-0.39, 0.29) is 17.9 Å². The first-order valence-corrected chi connectivity index (χ1v) is 9.06. The number of ether oxygens (including phenoxy) is 2. The minimum Gasteiger partial charge on any atom is -0.487 e. The molecule has 2 atom stereocenters. The van der Waals surface area contributed by atoms with Crippen LogP contribution in [-0.4, -0.2) is 41.7 Å². The topological polar surface area (TPSA) is 73.3 Å². The smallest absolute Gasteiger partial charge is 0.225 e. The Labute approximate surface area is 153 Å². The Morgan fingerprint density at radius 1 is 1.35 bits per heavy atom. The van der Waals surface area contributed by atoms with E-state index in [0.717, 1.165) is 46.8 Å². The summed E-state index contributed by atoms with van der Waals surface area (Å²) in [5.74, 6) is 0.890. The van der Waals surface area contributed by atoms with E-state index >= 15 is 0 Å². The van der Waals surface area contributed by atoms with Crippen molar-refractivity contribution in [2.75, 3.05) is 19.8 Å². The van der Waals surface area contributed by atoms with Gasteiger partial charge >= 0.3 is 0 Å². The number of fused-ring (bicyclic) bond motifs is 1. The van der Waals surface area contributed by atoms with Crippen LogP contribution in [0.5, 0.6) is 5.75 Å². The summed E-state index contributed by atoms with van der Waals surface area (Å²) >= 11 is 0. The van der Waals surface area contributed by atoms with E-state index in [0.29, 0.717) is 19.8 Å². The first-order chi connectivity index (χ1) is 12.6. The van der Waals surface area contributed by atoms with Crippen molar-refractivity contribution in [3.8, 4) is 17.0 Å². The molecular formula is C20H23N3O3. The SMILES string of the molecule is Cc1cnc(C)c(-c2cccc3c2OC(CNC(=O)C2CCOC2)C3)n1. The fourth-order valence-electron chi connectivity index (χ4n) is 3.53. The van der Waals surface area contributed by atoms with Gasteiger partial charge in [0, 0.05) is 24.8 Å². The molecule has 1 fully saturated rings. The molecule has 136 valence electrons. The van der Waals surface area contributed by atoms with Crippen LogP contribution >= 0.6 is 0 Å². The Kier molecular flexibility index (Phi) is 4.59. The van der Waals surface area contributed by atoms with Crippen molar-refractivity contribution in [3.63, 3.8) is 0 Å². The molecule has 4 rings (SSSR count). The second kappa shape index (κ2) is 7.03. The minimum absolute atomic E-state index is 0.0282. The molecular weight excluding hydrogens is 330 g/mol. The Bertz CT molecular complexity index is 831. The number of carbonyl (C=O) groups is 1. The number of benzene rings is 1. The number of amides is 1. The third-order valence-corrected chi connectivity index (χ3v) is 4.96. The van der Waals surface area contributed by atoms with Crippen molar-refractivity contribution in [1.82, 2.24) is 15.3 Å². The molecule has 0 aliphatic carbocycles. The number of carbonyl (C=O) groups excluding carboxylic acids is 1. The minimum atomic E-state index is -0.0597. The maximum Gasteiger partial charge on any atom is 0.225 e. The standard InChI is InChI=1S/C20H23N3O3/c1-12-9-21-13(2)18(23-12)17-5-3-4-14-8-16(26-19(14)17)10-22-20(24)15-6-7-25-11-15/h3-5,9,15-16H,6-8,10-11H2,1-2H3,(H,22,24). The first kappa shape index (κ1) is 17.0. The molecule has 1 amide bonds. The van der Waals surface area contributed by atoms with Crippen LogP contribution in [0.3, 0.4) is 0 Å². The van der Waals surface area contributed by atoms with Crippen LogP contribution in [0.1, 0.15) is 23.4 Å². The third kappa shape index (κ3) is 3.29. The van der Waals surface area contributed by atoms with E-state index in [2.05, 4.69) is 21.4 Å². The second-order valence-electron chi connectivity index (χ2n) is 6.99. The number of nitrogens with zero attached hydrogens (tertiary/aromatic N) is 2. The van der Waals surface area contributed by atoms with Gasteiger partial charge in [0.15, 0.2) is 0 Å². The van der Waals surface area contributed by atoms with Crippen molar-refractivity contribution in [2.24, 2.45) is 5.92 Å². The summed E-state index contributed by atoms with van der Waals surface area (Å²) in [7, 11) is 0. The van der Waals surface area contributed by atoms with Gasteiger partial charge in [0.25, 0.3) is 0 Å². The van der Waals surface area contributed by atoms with Crippen LogP contribution in [0, 0.1) is 19.8 Å². The zero-order valence-corrected chi connectivity index (χ0v) is 15.1. The maximum atomic E-state index is 12.2. The highest BCUT2D eigenvalue weighted by Gasteiger charge is 2.29. The molecule has 2 aliphatic rings. The lowest BCUT2D eigenvalue weighted by Gasteiger charge is -2.15. The van der Waals surface area contributed by atoms with Crippen LogP contribution in [0.4, 0.5) is 0 Å². The van der Waals surface area contributed by atoms with Crippen molar-refractivity contribution < 1.29 is 14.3 Å². The molecule has 26 heavy (non-hydrogen) atoms. The van der Waals surface area contributed by atoms with Crippen molar-refractivity contribution in [2.45, 2.75) is 32.8 Å². The molecule has 0 spiro atoms. The summed E-state index contributed by atoms with van der Waals surface area (Å²) in [5.41, 5.74) is 4.73. The normalized spacial score (nSPS) is 21.3. The predicted molar refractivity (Wildman–Crippen MR) is 97.0 cm³/mol. The number of aryl methyl sites for hydroxylation is 2. The van der Waals surface area contributed by atoms with Gasteiger partial charge in [0.05, 0.1) is 36.2 Å². The molecule has 2 aliphatic heterocycles. The monoisotopic (exact) mass is 353 g/mol. The number of hydrogen-bond acceptors (Lipinski definition) is 5. The molecule has 3 heterocycles. The molecule has 1 N–H and O–H groups in total. The fraction of sp³-hybridized carbons (Fsp3) is 0.450. The van der Waals surface area contributed by atoms with E-state index in [9.17, 15) is 4.79 Å². The first-order valence-electron chi connectivity index (χ1n) is 9.06. The Balaban J connectivity index is 1.49. The number of para-hydroxylation sites is 1. The van der Waals surface area contributed by atoms with Gasteiger partial charge in [0.1, 0.15) is 11.9 Å². The van der Waals surface area contributed by atoms with Gasteiger partial charge in [-0.25, -0.2) is 4.98 Å². The van der Waals surface area contributed by atoms with Crippen molar-refractivity contribution in [1.29, 1.82) is 0 Å². The zero-order chi connectivity index (χ0) is 18.1. The number of aromatic nitrogens is 2. The molecule has 2 aromatic rings. The molecule has 0 radical (unpaired) electrons. The van der Waals surface area contributed by atoms with Crippen LogP contribution in [0.2, 0.25) is 0 Å². The highest BCUT2D eigenvalue weighted by atomic mass is 16.5. The van der Waals surface area contributed by atoms with Gasteiger partial charge in [-0.2, -0.15) is 0 Å².